The van der Waals surface area contributed by atoms with Gasteiger partial charge in [0.05, 0.1) is 14.2 Å². The lowest BCUT2D eigenvalue weighted by atomic mass is 10.1. The van der Waals surface area contributed by atoms with E-state index in [1.807, 2.05) is 117 Å². The highest BCUT2D eigenvalue weighted by Gasteiger charge is 2.11. The van der Waals surface area contributed by atoms with Gasteiger partial charge in [-0.3, -0.25) is 9.59 Å². The van der Waals surface area contributed by atoms with Crippen LogP contribution in [0.3, 0.4) is 0 Å². The molecule has 0 unspecified atom stereocenters. The molecule has 0 saturated heterocycles. The molecule has 200 valence electrons. The fourth-order valence-corrected chi connectivity index (χ4v) is 3.54. The van der Waals surface area contributed by atoms with Crippen molar-refractivity contribution in [3.8, 4) is 11.5 Å². The van der Waals surface area contributed by atoms with Crippen LogP contribution in [-0.2, 0) is 9.59 Å². The number of methoxy groups -OCH3 is 2. The van der Waals surface area contributed by atoms with Gasteiger partial charge < -0.3 is 19.7 Å². The van der Waals surface area contributed by atoms with Crippen molar-refractivity contribution in [1.29, 1.82) is 0 Å². The number of hydrogen-bond acceptors (Lipinski definition) is 4. The average molecular weight is 515 g/mol. The molecule has 0 aromatic heterocycles. The molecule has 0 spiro atoms. The van der Waals surface area contributed by atoms with Crippen molar-refractivity contribution in [3.05, 3.63) is 101 Å². The Morgan fingerprint density at radius 1 is 0.711 bits per heavy atom. The van der Waals surface area contributed by atoms with Gasteiger partial charge in [-0.2, -0.15) is 0 Å². The van der Waals surface area contributed by atoms with Gasteiger partial charge in [0.25, 0.3) is 5.91 Å². The first-order valence-electron chi connectivity index (χ1n) is 12.6. The number of nitrogens with zero attached hydrogens (tertiary/aromatic N) is 1. The van der Waals surface area contributed by atoms with Gasteiger partial charge in [0.2, 0.25) is 5.91 Å². The maximum atomic E-state index is 12.1. The Morgan fingerprint density at radius 3 is 1.58 bits per heavy atom. The first-order valence-corrected chi connectivity index (χ1v) is 12.6. The lowest BCUT2D eigenvalue weighted by Crippen LogP contribution is -2.30. The molecule has 6 nitrogen and oxygen atoms in total. The van der Waals surface area contributed by atoms with E-state index in [-0.39, 0.29) is 11.8 Å². The summed E-state index contributed by atoms with van der Waals surface area (Å²) in [6.07, 6.45) is 3.75. The van der Waals surface area contributed by atoms with E-state index in [9.17, 15) is 9.59 Å². The van der Waals surface area contributed by atoms with Gasteiger partial charge in [-0.1, -0.05) is 42.5 Å². The Kier molecular flexibility index (Phi) is 12.4. The summed E-state index contributed by atoms with van der Waals surface area (Å²) in [5, 5.41) is 2.85. The summed E-state index contributed by atoms with van der Waals surface area (Å²) in [5.74, 6) is 1.61. The molecule has 0 saturated carbocycles. The molecule has 0 radical (unpaired) electrons. The molecule has 0 aliphatic rings. The second-order valence-corrected chi connectivity index (χ2v) is 8.50. The molecule has 0 aliphatic heterocycles. The van der Waals surface area contributed by atoms with Crippen LogP contribution in [0.5, 0.6) is 11.5 Å². The Morgan fingerprint density at radius 2 is 1.16 bits per heavy atom. The van der Waals surface area contributed by atoms with Crippen LogP contribution in [-0.4, -0.2) is 44.0 Å². The summed E-state index contributed by atoms with van der Waals surface area (Å²) in [6.45, 7) is 9.10. The summed E-state index contributed by atoms with van der Waals surface area (Å²) in [4.78, 5) is 25.9. The molecule has 2 amide bonds. The van der Waals surface area contributed by atoms with Crippen molar-refractivity contribution in [1.82, 2.24) is 4.90 Å². The van der Waals surface area contributed by atoms with Crippen molar-refractivity contribution >= 4 is 29.7 Å². The number of hydrogen-bond donors (Lipinski definition) is 1. The number of ether oxygens (including phenoxy) is 2. The predicted molar refractivity (Wildman–Crippen MR) is 156 cm³/mol. The third-order valence-electron chi connectivity index (χ3n) is 5.78. The largest absolute Gasteiger partial charge is 0.497 e. The van der Waals surface area contributed by atoms with Gasteiger partial charge >= 0.3 is 0 Å². The minimum Gasteiger partial charge on any atom is -0.497 e. The second-order valence-electron chi connectivity index (χ2n) is 8.50. The van der Waals surface area contributed by atoms with E-state index in [0.717, 1.165) is 47.0 Å². The molecule has 0 fully saturated rings. The number of amides is 2. The quantitative estimate of drug-likeness (QED) is 0.323. The summed E-state index contributed by atoms with van der Waals surface area (Å²) in [6, 6.07) is 24.6. The molecule has 6 heteroatoms. The zero-order valence-electron chi connectivity index (χ0n) is 23.2. The number of likely N-dealkylation sites (N-methyl/N-ethyl adjacent to an activating group) is 1. The average Bonchev–Trinajstić information content (AvgIpc) is 2.95. The molecule has 0 aliphatic carbocycles. The van der Waals surface area contributed by atoms with Crippen LogP contribution in [0.15, 0.2) is 90.0 Å². The SMILES string of the molecule is CCN(CC)C(=O)/C(C)=C/c1ccc(OC)cc1.COc1ccc(/C=C(\C)C(=O)Nc2ccccc2)cc1. The number of carbonyl (C=O) groups excluding carboxylic acids is 2. The van der Waals surface area contributed by atoms with Crippen LogP contribution in [0.4, 0.5) is 5.69 Å². The fourth-order valence-electron chi connectivity index (χ4n) is 3.54. The third kappa shape index (κ3) is 9.62. The highest BCUT2D eigenvalue weighted by Crippen LogP contribution is 2.16. The number of rotatable bonds is 9. The van der Waals surface area contributed by atoms with E-state index in [2.05, 4.69) is 5.32 Å². The van der Waals surface area contributed by atoms with Crippen molar-refractivity contribution in [2.45, 2.75) is 27.7 Å². The molecule has 0 heterocycles. The van der Waals surface area contributed by atoms with Gasteiger partial charge in [0.15, 0.2) is 0 Å². The first kappa shape index (κ1) is 29.9. The molecule has 0 bridgehead atoms. The molecule has 3 aromatic carbocycles. The standard InChI is InChI=1S/C17H17NO2.C15H21NO2/c1-13(12-14-8-10-16(20-2)11-9-14)17(19)18-15-6-4-3-5-7-15;1-5-16(6-2)15(17)12(3)11-13-7-9-14(18-4)10-8-13/h3-12H,1-2H3,(H,18,19);7-11H,5-6H2,1-4H3/b13-12+;12-11+. The van der Waals surface area contributed by atoms with Crippen LogP contribution in [0.2, 0.25) is 0 Å². The summed E-state index contributed by atoms with van der Waals surface area (Å²) in [7, 11) is 3.27. The van der Waals surface area contributed by atoms with Gasteiger partial charge in [0.1, 0.15) is 11.5 Å². The molecule has 1 N–H and O–H groups in total. The highest BCUT2D eigenvalue weighted by molar-refractivity contribution is 6.06. The van der Waals surface area contributed by atoms with E-state index in [4.69, 9.17) is 9.47 Å². The lowest BCUT2D eigenvalue weighted by molar-refractivity contribution is -0.126. The van der Waals surface area contributed by atoms with Crippen molar-refractivity contribution in [2.24, 2.45) is 0 Å². The van der Waals surface area contributed by atoms with Crippen LogP contribution in [0, 0.1) is 0 Å². The molecule has 3 rings (SSSR count). The number of nitrogens with one attached hydrogen (secondary N) is 1. The highest BCUT2D eigenvalue weighted by atomic mass is 16.5. The Labute approximate surface area is 226 Å². The van der Waals surface area contributed by atoms with Gasteiger partial charge in [0, 0.05) is 29.9 Å². The van der Waals surface area contributed by atoms with E-state index in [0.29, 0.717) is 5.57 Å². The molecule has 38 heavy (non-hydrogen) atoms. The monoisotopic (exact) mass is 514 g/mol. The number of carbonyl (C=O) groups is 2. The lowest BCUT2D eigenvalue weighted by Gasteiger charge is -2.18. The molecular formula is C32H38N2O4. The topological polar surface area (TPSA) is 67.9 Å². The Balaban J connectivity index is 0.000000269. The number of benzene rings is 3. The Hall–Kier alpha value is -4.32. The van der Waals surface area contributed by atoms with E-state index >= 15 is 0 Å². The summed E-state index contributed by atoms with van der Waals surface area (Å²) < 4.78 is 10.2. The van der Waals surface area contributed by atoms with Gasteiger partial charge in [-0.15, -0.1) is 0 Å². The zero-order chi connectivity index (χ0) is 27.9. The van der Waals surface area contributed by atoms with Gasteiger partial charge in [-0.05, 0) is 87.4 Å². The Bertz CT molecular complexity index is 1210. The summed E-state index contributed by atoms with van der Waals surface area (Å²) in [5.41, 5.74) is 4.17. The zero-order valence-corrected chi connectivity index (χ0v) is 23.2. The minimum absolute atomic E-state index is 0.0934. The number of anilines is 1. The van der Waals surface area contributed by atoms with Crippen molar-refractivity contribution < 1.29 is 19.1 Å². The normalized spacial score (nSPS) is 11.1. The smallest absolute Gasteiger partial charge is 0.251 e. The maximum Gasteiger partial charge on any atom is 0.251 e. The maximum absolute atomic E-state index is 12.1. The van der Waals surface area contributed by atoms with Crippen molar-refractivity contribution in [3.63, 3.8) is 0 Å². The minimum atomic E-state index is -0.105. The predicted octanol–water partition coefficient (Wildman–Crippen LogP) is 6.70. The first-order chi connectivity index (χ1) is 18.3. The van der Waals surface area contributed by atoms with E-state index in [1.165, 1.54) is 0 Å². The molecule has 3 aromatic rings. The third-order valence-corrected chi connectivity index (χ3v) is 5.78. The van der Waals surface area contributed by atoms with Crippen molar-refractivity contribution in [2.75, 3.05) is 32.6 Å². The second kappa shape index (κ2) is 15.7. The summed E-state index contributed by atoms with van der Waals surface area (Å²) >= 11 is 0. The van der Waals surface area contributed by atoms with E-state index < -0.39 is 0 Å². The van der Waals surface area contributed by atoms with E-state index in [1.54, 1.807) is 21.1 Å². The van der Waals surface area contributed by atoms with Crippen LogP contribution in [0.1, 0.15) is 38.8 Å². The van der Waals surface area contributed by atoms with Crippen LogP contribution >= 0.6 is 0 Å². The molecular weight excluding hydrogens is 476 g/mol. The number of para-hydroxylation sites is 1. The molecule has 0 atom stereocenters. The fraction of sp³-hybridized carbons (Fsp3) is 0.250. The van der Waals surface area contributed by atoms with Crippen LogP contribution < -0.4 is 14.8 Å². The van der Waals surface area contributed by atoms with Gasteiger partial charge in [-0.25, -0.2) is 0 Å². The van der Waals surface area contributed by atoms with Crippen LogP contribution in [0.25, 0.3) is 12.2 Å².